The third kappa shape index (κ3) is 6.38. The smallest absolute Gasteiger partial charge is 0.407 e. The molecule has 0 bridgehead atoms. The minimum atomic E-state index is -1.25. The third-order valence-electron chi connectivity index (χ3n) is 5.68. The van der Waals surface area contributed by atoms with E-state index in [-0.39, 0.29) is 18.2 Å². The number of ether oxygens (including phenoxy) is 1. The van der Waals surface area contributed by atoms with Gasteiger partial charge in [-0.05, 0) is 28.7 Å². The average molecular weight is 496 g/mol. The van der Waals surface area contributed by atoms with Crippen molar-refractivity contribution < 1.29 is 29.0 Å². The highest BCUT2D eigenvalue weighted by Gasteiger charge is 2.30. The molecule has 0 unspecified atom stereocenters. The minimum Gasteiger partial charge on any atom is -0.480 e. The fourth-order valence-electron chi connectivity index (χ4n) is 4.05. The second-order valence-corrected chi connectivity index (χ2v) is 8.08. The molecular weight excluding hydrogens is 466 g/mol. The van der Waals surface area contributed by atoms with Gasteiger partial charge in [-0.3, -0.25) is 9.59 Å². The van der Waals surface area contributed by atoms with E-state index in [1.54, 1.807) is 0 Å². The number of carbonyl (C=O) groups excluding carboxylic acids is 3. The number of alkyl carbamates (subject to hydrolysis) is 1. The molecule has 0 heterocycles. The molecule has 0 saturated heterocycles. The van der Waals surface area contributed by atoms with Crippen LogP contribution in [0, 0.1) is 0 Å². The molecular formula is C25H29N5O6. The summed E-state index contributed by atoms with van der Waals surface area (Å²) >= 11 is 0. The summed E-state index contributed by atoms with van der Waals surface area (Å²) in [6.45, 7) is 1.26. The van der Waals surface area contributed by atoms with Gasteiger partial charge in [0.25, 0.3) is 5.91 Å². The molecule has 11 heteroatoms. The van der Waals surface area contributed by atoms with Crippen molar-refractivity contribution in [2.45, 2.75) is 31.7 Å². The molecule has 2 aromatic rings. The highest BCUT2D eigenvalue weighted by atomic mass is 16.5. The first-order valence-electron chi connectivity index (χ1n) is 11.5. The molecule has 1 aliphatic rings. The van der Waals surface area contributed by atoms with E-state index >= 15 is 0 Å². The largest absolute Gasteiger partial charge is 0.480 e. The summed E-state index contributed by atoms with van der Waals surface area (Å²) in [5.41, 5.74) is 6.20. The van der Waals surface area contributed by atoms with Crippen LogP contribution in [0.5, 0.6) is 0 Å². The van der Waals surface area contributed by atoms with Crippen LogP contribution in [-0.4, -0.2) is 61.1 Å². The molecule has 0 aromatic heterocycles. The fourth-order valence-corrected chi connectivity index (χ4v) is 4.05. The summed E-state index contributed by atoms with van der Waals surface area (Å²) in [6, 6.07) is 14.2. The number of rotatable bonds is 10. The Morgan fingerprint density at radius 1 is 1.03 bits per heavy atom. The summed E-state index contributed by atoms with van der Waals surface area (Å²) in [4.78, 5) is 47.9. The van der Waals surface area contributed by atoms with E-state index < -0.39 is 36.6 Å². The number of hydrogen-bond donors (Lipinski definition) is 5. The second-order valence-electron chi connectivity index (χ2n) is 8.08. The first-order chi connectivity index (χ1) is 17.3. The van der Waals surface area contributed by atoms with Gasteiger partial charge in [-0.25, -0.2) is 15.0 Å². The number of hydrogen-bond acceptors (Lipinski definition) is 6. The van der Waals surface area contributed by atoms with Crippen molar-refractivity contribution in [2.75, 3.05) is 20.2 Å². The van der Waals surface area contributed by atoms with E-state index in [1.165, 1.54) is 7.05 Å². The van der Waals surface area contributed by atoms with Gasteiger partial charge in [0.2, 0.25) is 0 Å². The molecule has 0 spiro atoms. The molecule has 1 atom stereocenters. The molecule has 4 amide bonds. The summed E-state index contributed by atoms with van der Waals surface area (Å²) in [7, 11) is 1.37. The summed E-state index contributed by atoms with van der Waals surface area (Å²) in [5, 5.41) is 19.8. The van der Waals surface area contributed by atoms with Crippen LogP contribution in [0.4, 0.5) is 9.59 Å². The number of nitrogens with one attached hydrogen (secondary N) is 4. The van der Waals surface area contributed by atoms with E-state index in [0.717, 1.165) is 22.3 Å². The van der Waals surface area contributed by atoms with Crippen molar-refractivity contribution in [3.8, 4) is 11.1 Å². The van der Waals surface area contributed by atoms with Crippen LogP contribution in [0.2, 0.25) is 0 Å². The molecule has 190 valence electrons. The van der Waals surface area contributed by atoms with Gasteiger partial charge in [0.05, 0.1) is 6.04 Å². The van der Waals surface area contributed by atoms with Crippen molar-refractivity contribution >= 4 is 29.7 Å². The van der Waals surface area contributed by atoms with Crippen molar-refractivity contribution in [1.82, 2.24) is 21.4 Å². The monoisotopic (exact) mass is 495 g/mol. The Balaban J connectivity index is 1.74. The Hall–Kier alpha value is -4.41. The summed E-state index contributed by atoms with van der Waals surface area (Å²) in [6.07, 6.45) is 0.0763. The van der Waals surface area contributed by atoms with Crippen LogP contribution in [-0.2, 0) is 14.3 Å². The van der Waals surface area contributed by atoms with Crippen LogP contribution in [0.3, 0.4) is 0 Å². The molecule has 5 N–H and O–H groups in total. The maximum atomic E-state index is 12.8. The first kappa shape index (κ1) is 26.2. The number of carboxylic acids is 1. The predicted molar refractivity (Wildman–Crippen MR) is 133 cm³/mol. The standard InChI is InChI=1S/C25H29N5O6/c1-3-8-20(22(29-30-24(34)26-2)23(33)27-13-21(31)32)28-25(35)36-14-19-17-11-6-4-9-15(17)16-10-5-7-12-18(16)19/h4-7,9-12,19-20H,3,8,13-14H2,1-2H3,(H,27,33)(H,28,35)(H,31,32)(H2,26,30,34)/b29-22-/t20-/m0/s1. The quantitative estimate of drug-likeness (QED) is 0.251. The first-order valence-corrected chi connectivity index (χ1v) is 11.5. The number of urea groups is 1. The maximum absolute atomic E-state index is 12.8. The van der Waals surface area contributed by atoms with E-state index in [0.29, 0.717) is 12.8 Å². The fraction of sp³-hybridized carbons (Fsp3) is 0.320. The lowest BCUT2D eigenvalue weighted by Crippen LogP contribution is -2.49. The predicted octanol–water partition coefficient (Wildman–Crippen LogP) is 2.18. The third-order valence-corrected chi connectivity index (χ3v) is 5.68. The van der Waals surface area contributed by atoms with Gasteiger partial charge < -0.3 is 25.8 Å². The number of carbonyl (C=O) groups is 4. The molecule has 0 fully saturated rings. The molecule has 3 rings (SSSR count). The van der Waals surface area contributed by atoms with Gasteiger partial charge in [0, 0.05) is 13.0 Å². The van der Waals surface area contributed by atoms with Crippen LogP contribution in [0.25, 0.3) is 11.1 Å². The molecule has 1 aliphatic carbocycles. The van der Waals surface area contributed by atoms with E-state index in [2.05, 4.69) is 26.5 Å². The lowest BCUT2D eigenvalue weighted by Gasteiger charge is -2.21. The Labute approximate surface area is 208 Å². The SMILES string of the molecule is CCC[C@H](NC(=O)OCC1c2ccccc2-c2ccccc21)/C(=N/NC(=O)NC)C(=O)NCC(=O)O. The normalized spacial score (nSPS) is 13.1. The molecule has 36 heavy (non-hydrogen) atoms. The highest BCUT2D eigenvalue weighted by molar-refractivity contribution is 6.41. The number of hydrazone groups is 1. The molecule has 11 nitrogen and oxygen atoms in total. The maximum Gasteiger partial charge on any atom is 0.407 e. The van der Waals surface area contributed by atoms with Gasteiger partial charge in [-0.1, -0.05) is 61.9 Å². The second kappa shape index (κ2) is 12.3. The number of benzene rings is 2. The van der Waals surface area contributed by atoms with Crippen LogP contribution < -0.4 is 21.4 Å². The lowest BCUT2D eigenvalue weighted by atomic mass is 9.98. The minimum absolute atomic E-state index is 0.0763. The Kier molecular flexibility index (Phi) is 8.98. The van der Waals surface area contributed by atoms with Gasteiger partial charge in [0.1, 0.15) is 18.9 Å². The van der Waals surface area contributed by atoms with Gasteiger partial charge >= 0.3 is 18.1 Å². The van der Waals surface area contributed by atoms with Crippen molar-refractivity contribution in [3.63, 3.8) is 0 Å². The zero-order chi connectivity index (χ0) is 26.1. The Morgan fingerprint density at radius 3 is 2.19 bits per heavy atom. The van der Waals surface area contributed by atoms with Crippen molar-refractivity contribution in [1.29, 1.82) is 0 Å². The Bertz CT molecular complexity index is 1120. The zero-order valence-corrected chi connectivity index (χ0v) is 20.0. The van der Waals surface area contributed by atoms with Crippen LogP contribution >= 0.6 is 0 Å². The topological polar surface area (TPSA) is 158 Å². The van der Waals surface area contributed by atoms with Crippen LogP contribution in [0.15, 0.2) is 53.6 Å². The van der Waals surface area contributed by atoms with E-state index in [1.807, 2.05) is 55.5 Å². The summed E-state index contributed by atoms with van der Waals surface area (Å²) in [5.74, 6) is -2.24. The van der Waals surface area contributed by atoms with Crippen molar-refractivity contribution in [2.24, 2.45) is 5.10 Å². The van der Waals surface area contributed by atoms with Crippen molar-refractivity contribution in [3.05, 3.63) is 59.7 Å². The highest BCUT2D eigenvalue weighted by Crippen LogP contribution is 2.44. The number of amides is 4. The molecule has 0 radical (unpaired) electrons. The zero-order valence-electron chi connectivity index (χ0n) is 20.0. The number of aliphatic carboxylic acids is 1. The lowest BCUT2D eigenvalue weighted by molar-refractivity contribution is -0.137. The van der Waals surface area contributed by atoms with E-state index in [4.69, 9.17) is 9.84 Å². The van der Waals surface area contributed by atoms with Gasteiger partial charge in [0.15, 0.2) is 0 Å². The number of carboxylic acid groups (broad SMARTS) is 1. The molecule has 0 aliphatic heterocycles. The molecule has 2 aromatic carbocycles. The van der Waals surface area contributed by atoms with Gasteiger partial charge in [-0.2, -0.15) is 5.10 Å². The van der Waals surface area contributed by atoms with Crippen LogP contribution in [0.1, 0.15) is 36.8 Å². The van der Waals surface area contributed by atoms with E-state index in [9.17, 15) is 19.2 Å². The number of nitrogens with zero attached hydrogens (tertiary/aromatic N) is 1. The number of fused-ring (bicyclic) bond motifs is 3. The molecule has 0 saturated carbocycles. The van der Waals surface area contributed by atoms with Gasteiger partial charge in [-0.15, -0.1) is 0 Å². The average Bonchev–Trinajstić information content (AvgIpc) is 3.19. The Morgan fingerprint density at radius 2 is 1.64 bits per heavy atom. The summed E-state index contributed by atoms with van der Waals surface area (Å²) < 4.78 is 5.56.